The monoisotopic (exact) mass is 426 g/mol. The number of hydrogen-bond acceptors (Lipinski definition) is 5. The van der Waals surface area contributed by atoms with Gasteiger partial charge >= 0.3 is 0 Å². The molecule has 29 heavy (non-hydrogen) atoms. The predicted molar refractivity (Wildman–Crippen MR) is 116 cm³/mol. The molecule has 4 aromatic rings. The van der Waals surface area contributed by atoms with E-state index in [1.807, 2.05) is 37.3 Å². The summed E-state index contributed by atoms with van der Waals surface area (Å²) in [6.07, 6.45) is 1.86. The number of hydrogen-bond donors (Lipinski definition) is 0. The van der Waals surface area contributed by atoms with Crippen LogP contribution >= 0.6 is 22.9 Å². The lowest BCUT2D eigenvalue weighted by molar-refractivity contribution is -0.118. The number of aryl methyl sites for hydroxylation is 1. The highest BCUT2D eigenvalue weighted by molar-refractivity contribution is 7.23. The second-order valence-corrected chi connectivity index (χ2v) is 8.03. The minimum absolute atomic E-state index is 0.0700. The van der Waals surface area contributed by atoms with Crippen LogP contribution in [0.15, 0.2) is 59.2 Å². The van der Waals surface area contributed by atoms with E-state index in [2.05, 4.69) is 4.98 Å². The van der Waals surface area contributed by atoms with Crippen LogP contribution in [0.25, 0.3) is 10.2 Å². The first kappa shape index (κ1) is 19.5. The van der Waals surface area contributed by atoms with Crippen LogP contribution in [0.2, 0.25) is 5.02 Å². The first-order chi connectivity index (χ1) is 14.0. The standard InChI is InChI=1S/C22H19ClN2O3S/c1-14-5-7-15(8-6-14)12-19(26)25(13-16-4-3-11-28-16)22-24-20-18(27-2)10-9-17(23)21(20)29-22/h3-11H,12-13H2,1-2H3. The molecule has 0 unspecified atom stereocenters. The molecule has 0 spiro atoms. The average molecular weight is 427 g/mol. The minimum Gasteiger partial charge on any atom is -0.494 e. The molecule has 0 N–H and O–H groups in total. The fourth-order valence-electron chi connectivity index (χ4n) is 3.02. The van der Waals surface area contributed by atoms with Crippen LogP contribution in [-0.4, -0.2) is 18.0 Å². The van der Waals surface area contributed by atoms with Crippen LogP contribution < -0.4 is 9.64 Å². The molecule has 7 heteroatoms. The Labute approximate surface area is 177 Å². The Morgan fingerprint density at radius 2 is 2.00 bits per heavy atom. The number of nitrogens with zero attached hydrogens (tertiary/aromatic N) is 2. The summed E-state index contributed by atoms with van der Waals surface area (Å²) in [5.41, 5.74) is 2.75. The van der Waals surface area contributed by atoms with Gasteiger partial charge in [-0.2, -0.15) is 0 Å². The Morgan fingerprint density at radius 3 is 2.69 bits per heavy atom. The van der Waals surface area contributed by atoms with Crippen LogP contribution in [0.3, 0.4) is 0 Å². The van der Waals surface area contributed by atoms with Crippen LogP contribution in [0.1, 0.15) is 16.9 Å². The number of amides is 1. The number of methoxy groups -OCH3 is 1. The molecule has 0 aliphatic carbocycles. The third-order valence-electron chi connectivity index (χ3n) is 4.57. The summed E-state index contributed by atoms with van der Waals surface area (Å²) >= 11 is 7.73. The van der Waals surface area contributed by atoms with Crippen molar-refractivity contribution in [3.8, 4) is 5.75 Å². The first-order valence-electron chi connectivity index (χ1n) is 9.06. The molecular weight excluding hydrogens is 408 g/mol. The first-order valence-corrected chi connectivity index (χ1v) is 10.3. The van der Waals surface area contributed by atoms with Gasteiger partial charge in [0.2, 0.25) is 5.91 Å². The van der Waals surface area contributed by atoms with Gasteiger partial charge < -0.3 is 9.15 Å². The van der Waals surface area contributed by atoms with Crippen LogP contribution in [0.5, 0.6) is 5.75 Å². The third kappa shape index (κ3) is 4.13. The largest absolute Gasteiger partial charge is 0.494 e. The molecule has 2 heterocycles. The van der Waals surface area contributed by atoms with E-state index in [4.69, 9.17) is 20.8 Å². The van der Waals surface area contributed by atoms with Crippen molar-refractivity contribution in [2.45, 2.75) is 19.9 Å². The molecule has 4 rings (SSSR count). The van der Waals surface area contributed by atoms with Gasteiger partial charge in [0.1, 0.15) is 17.0 Å². The maximum Gasteiger partial charge on any atom is 0.233 e. The highest BCUT2D eigenvalue weighted by atomic mass is 35.5. The number of thiazole rings is 1. The van der Waals surface area contributed by atoms with Gasteiger partial charge in [0, 0.05) is 0 Å². The van der Waals surface area contributed by atoms with E-state index in [0.717, 1.165) is 15.8 Å². The molecule has 5 nitrogen and oxygen atoms in total. The second kappa shape index (κ2) is 8.27. The highest BCUT2D eigenvalue weighted by Gasteiger charge is 2.23. The molecule has 148 valence electrons. The zero-order valence-corrected chi connectivity index (χ0v) is 17.6. The number of aromatic nitrogens is 1. The van der Waals surface area contributed by atoms with Gasteiger partial charge in [-0.1, -0.05) is 52.8 Å². The molecule has 0 saturated carbocycles. The van der Waals surface area contributed by atoms with E-state index < -0.39 is 0 Å². The Morgan fingerprint density at radius 1 is 1.21 bits per heavy atom. The topological polar surface area (TPSA) is 55.6 Å². The SMILES string of the molecule is COc1ccc(Cl)c2sc(N(Cc3ccco3)C(=O)Cc3ccc(C)cc3)nc12. The van der Waals surface area contributed by atoms with Crippen molar-refractivity contribution in [2.24, 2.45) is 0 Å². The molecule has 0 saturated heterocycles. The van der Waals surface area contributed by atoms with Crippen molar-refractivity contribution in [2.75, 3.05) is 12.0 Å². The van der Waals surface area contributed by atoms with E-state index in [1.54, 1.807) is 36.5 Å². The smallest absolute Gasteiger partial charge is 0.233 e. The molecule has 2 aromatic heterocycles. The Hall–Kier alpha value is -2.83. The maximum atomic E-state index is 13.2. The molecule has 1 amide bonds. The zero-order chi connectivity index (χ0) is 20.4. The number of anilines is 1. The molecule has 0 fully saturated rings. The summed E-state index contributed by atoms with van der Waals surface area (Å²) in [6.45, 7) is 2.31. The molecule has 0 atom stereocenters. The number of carbonyl (C=O) groups excluding carboxylic acids is 1. The number of carbonyl (C=O) groups is 1. The van der Waals surface area contributed by atoms with Crippen molar-refractivity contribution >= 4 is 44.2 Å². The van der Waals surface area contributed by atoms with Crippen molar-refractivity contribution in [3.05, 3.63) is 76.7 Å². The summed E-state index contributed by atoms with van der Waals surface area (Å²) in [6, 6.07) is 15.1. The van der Waals surface area contributed by atoms with E-state index >= 15 is 0 Å². The van der Waals surface area contributed by atoms with Gasteiger partial charge in [0.15, 0.2) is 5.13 Å². The molecule has 0 radical (unpaired) electrons. The number of halogens is 1. The maximum absolute atomic E-state index is 13.2. The number of rotatable bonds is 6. The van der Waals surface area contributed by atoms with Crippen molar-refractivity contribution in [1.82, 2.24) is 4.98 Å². The third-order valence-corrected chi connectivity index (χ3v) is 6.11. The average Bonchev–Trinajstić information content (AvgIpc) is 3.38. The van der Waals surface area contributed by atoms with Gasteiger partial charge in [-0.15, -0.1) is 0 Å². The zero-order valence-electron chi connectivity index (χ0n) is 16.0. The number of ether oxygens (including phenoxy) is 1. The minimum atomic E-state index is -0.0700. The van der Waals surface area contributed by atoms with E-state index in [0.29, 0.717) is 27.2 Å². The van der Waals surface area contributed by atoms with Crippen LogP contribution in [0, 0.1) is 6.92 Å². The van der Waals surface area contributed by atoms with Crippen molar-refractivity contribution < 1.29 is 13.9 Å². The summed E-state index contributed by atoms with van der Waals surface area (Å²) in [5.74, 6) is 1.23. The van der Waals surface area contributed by atoms with E-state index in [-0.39, 0.29) is 18.9 Å². The van der Waals surface area contributed by atoms with Crippen molar-refractivity contribution in [3.63, 3.8) is 0 Å². The predicted octanol–water partition coefficient (Wildman–Crippen LogP) is 5.64. The molecule has 0 aliphatic heterocycles. The lowest BCUT2D eigenvalue weighted by atomic mass is 10.1. The molecule has 0 aliphatic rings. The summed E-state index contributed by atoms with van der Waals surface area (Å²) < 4.78 is 11.7. The summed E-state index contributed by atoms with van der Waals surface area (Å²) in [5, 5.41) is 1.13. The fourth-order valence-corrected chi connectivity index (χ4v) is 4.29. The van der Waals surface area contributed by atoms with Gasteiger partial charge in [-0.05, 0) is 36.8 Å². The van der Waals surface area contributed by atoms with Gasteiger partial charge in [-0.25, -0.2) is 4.98 Å². The van der Waals surface area contributed by atoms with Crippen molar-refractivity contribution in [1.29, 1.82) is 0 Å². The Kier molecular flexibility index (Phi) is 5.56. The number of fused-ring (bicyclic) bond motifs is 1. The second-order valence-electron chi connectivity index (χ2n) is 6.65. The fraction of sp³-hybridized carbons (Fsp3) is 0.182. The summed E-state index contributed by atoms with van der Waals surface area (Å²) in [7, 11) is 1.59. The number of benzene rings is 2. The van der Waals surface area contributed by atoms with E-state index in [9.17, 15) is 4.79 Å². The Balaban J connectivity index is 1.72. The molecule has 2 aromatic carbocycles. The van der Waals surface area contributed by atoms with Gasteiger partial charge in [0.25, 0.3) is 0 Å². The van der Waals surface area contributed by atoms with Crippen LogP contribution in [-0.2, 0) is 17.8 Å². The van der Waals surface area contributed by atoms with Gasteiger partial charge in [-0.3, -0.25) is 9.69 Å². The lowest BCUT2D eigenvalue weighted by Gasteiger charge is -2.19. The number of furan rings is 1. The lowest BCUT2D eigenvalue weighted by Crippen LogP contribution is -2.31. The van der Waals surface area contributed by atoms with E-state index in [1.165, 1.54) is 11.3 Å². The normalized spacial score (nSPS) is 11.0. The quantitative estimate of drug-likeness (QED) is 0.400. The molecular formula is C22H19ClN2O3S. The molecule has 0 bridgehead atoms. The summed E-state index contributed by atoms with van der Waals surface area (Å²) in [4.78, 5) is 19.5. The Bertz CT molecular complexity index is 1140. The van der Waals surface area contributed by atoms with Gasteiger partial charge in [0.05, 0.1) is 36.1 Å². The highest BCUT2D eigenvalue weighted by Crippen LogP contribution is 2.39. The van der Waals surface area contributed by atoms with Crippen LogP contribution in [0.4, 0.5) is 5.13 Å².